The number of fused-ring (bicyclic) bond motifs is 3. The summed E-state index contributed by atoms with van der Waals surface area (Å²) in [5.41, 5.74) is 7.37. The Hall–Kier alpha value is -3.78. The van der Waals surface area contributed by atoms with Gasteiger partial charge in [0.25, 0.3) is 5.56 Å². The number of hydrazone groups is 1. The van der Waals surface area contributed by atoms with Crippen LogP contribution in [0.1, 0.15) is 27.1 Å². The molecule has 1 N–H and O–H groups in total. The molecule has 0 atom stereocenters. The number of nitrogens with one attached hydrogen (secondary N) is 1. The SMILES string of the molecule is O=c1c2c3c(sc2nc(NN=Cc2ccc(Cl)cc2)n1Cc1ccccc1)CN(Cc1ccccc1)CC3. The van der Waals surface area contributed by atoms with E-state index in [1.807, 2.05) is 60.7 Å². The molecule has 6 nitrogen and oxygen atoms in total. The Kier molecular flexibility index (Phi) is 7.05. The number of anilines is 1. The lowest BCUT2D eigenvalue weighted by Crippen LogP contribution is -2.30. The Morgan fingerprint density at radius 2 is 1.63 bits per heavy atom. The van der Waals surface area contributed by atoms with Crippen molar-refractivity contribution in [2.24, 2.45) is 5.10 Å². The molecule has 0 saturated heterocycles. The van der Waals surface area contributed by atoms with Gasteiger partial charge in [-0.3, -0.25) is 14.3 Å². The van der Waals surface area contributed by atoms with Crippen molar-refractivity contribution in [2.45, 2.75) is 26.1 Å². The second-order valence-corrected chi connectivity index (χ2v) is 10.9. The average Bonchev–Trinajstić information content (AvgIpc) is 3.30. The minimum absolute atomic E-state index is 0.0305. The van der Waals surface area contributed by atoms with Crippen LogP contribution in [0.15, 0.2) is 94.8 Å². The standard InChI is InChI=1S/C30H26ClN5OS/c31-24-13-11-21(12-14-24)17-32-34-30-33-28-27(29(37)36(30)19-23-9-5-2-6-10-23)25-15-16-35(20-26(25)38-28)18-22-7-3-1-4-8-22/h1-14,17H,15-16,18-20H2,(H,33,34). The maximum Gasteiger partial charge on any atom is 0.264 e. The van der Waals surface area contributed by atoms with Crippen LogP contribution in [0, 0.1) is 0 Å². The second kappa shape index (κ2) is 10.9. The normalized spacial score (nSPS) is 13.7. The van der Waals surface area contributed by atoms with Gasteiger partial charge in [0.1, 0.15) is 4.83 Å². The molecule has 0 fully saturated rings. The van der Waals surface area contributed by atoms with Crippen molar-refractivity contribution in [1.29, 1.82) is 0 Å². The van der Waals surface area contributed by atoms with Crippen LogP contribution >= 0.6 is 22.9 Å². The molecule has 0 radical (unpaired) electrons. The predicted molar refractivity (Wildman–Crippen MR) is 156 cm³/mol. The molecule has 0 spiro atoms. The van der Waals surface area contributed by atoms with Gasteiger partial charge in [0.15, 0.2) is 0 Å². The molecule has 2 aromatic heterocycles. The molecule has 190 valence electrons. The van der Waals surface area contributed by atoms with E-state index in [0.29, 0.717) is 17.5 Å². The third kappa shape index (κ3) is 5.27. The zero-order valence-electron chi connectivity index (χ0n) is 20.7. The zero-order valence-corrected chi connectivity index (χ0v) is 22.3. The fraction of sp³-hybridized carbons (Fsp3) is 0.167. The van der Waals surface area contributed by atoms with E-state index in [0.717, 1.165) is 53.0 Å². The van der Waals surface area contributed by atoms with Crippen LogP contribution in [0.4, 0.5) is 5.95 Å². The van der Waals surface area contributed by atoms with E-state index in [9.17, 15) is 4.79 Å². The molecular weight excluding hydrogens is 514 g/mol. The highest BCUT2D eigenvalue weighted by molar-refractivity contribution is 7.18. The van der Waals surface area contributed by atoms with E-state index in [1.165, 1.54) is 10.4 Å². The van der Waals surface area contributed by atoms with Crippen LogP contribution in [0.3, 0.4) is 0 Å². The number of aromatic nitrogens is 2. The van der Waals surface area contributed by atoms with E-state index in [-0.39, 0.29) is 5.56 Å². The van der Waals surface area contributed by atoms with Crippen molar-refractivity contribution < 1.29 is 0 Å². The first-order chi connectivity index (χ1) is 18.6. The van der Waals surface area contributed by atoms with E-state index in [4.69, 9.17) is 16.6 Å². The molecular formula is C30H26ClN5OS. The van der Waals surface area contributed by atoms with Crippen molar-refractivity contribution in [1.82, 2.24) is 14.5 Å². The van der Waals surface area contributed by atoms with Crippen LogP contribution in [-0.2, 0) is 26.1 Å². The van der Waals surface area contributed by atoms with Gasteiger partial charge in [-0.25, -0.2) is 10.4 Å². The number of nitrogens with zero attached hydrogens (tertiary/aromatic N) is 4. The van der Waals surface area contributed by atoms with Gasteiger partial charge in [0.05, 0.1) is 18.1 Å². The highest BCUT2D eigenvalue weighted by Gasteiger charge is 2.25. The molecule has 0 aliphatic carbocycles. The highest BCUT2D eigenvalue weighted by atomic mass is 35.5. The molecule has 3 heterocycles. The molecule has 0 saturated carbocycles. The van der Waals surface area contributed by atoms with Gasteiger partial charge in [-0.1, -0.05) is 84.4 Å². The predicted octanol–water partition coefficient (Wildman–Crippen LogP) is 6.16. The van der Waals surface area contributed by atoms with Gasteiger partial charge in [-0.05, 0) is 40.8 Å². The first-order valence-electron chi connectivity index (χ1n) is 12.5. The Morgan fingerprint density at radius 3 is 2.34 bits per heavy atom. The number of halogens is 1. The van der Waals surface area contributed by atoms with Crippen molar-refractivity contribution in [3.63, 3.8) is 0 Å². The molecule has 0 unspecified atom stereocenters. The maximum absolute atomic E-state index is 13.9. The summed E-state index contributed by atoms with van der Waals surface area (Å²) in [6.45, 7) is 3.04. The summed E-state index contributed by atoms with van der Waals surface area (Å²) >= 11 is 7.61. The third-order valence-electron chi connectivity index (χ3n) is 6.72. The lowest BCUT2D eigenvalue weighted by atomic mass is 10.0. The number of rotatable bonds is 7. The highest BCUT2D eigenvalue weighted by Crippen LogP contribution is 2.33. The van der Waals surface area contributed by atoms with Crippen molar-refractivity contribution >= 4 is 45.3 Å². The van der Waals surface area contributed by atoms with Crippen LogP contribution in [0.2, 0.25) is 5.02 Å². The van der Waals surface area contributed by atoms with Gasteiger partial charge >= 0.3 is 0 Å². The van der Waals surface area contributed by atoms with Crippen LogP contribution in [0.25, 0.3) is 10.2 Å². The average molecular weight is 540 g/mol. The Bertz CT molecular complexity index is 1650. The Balaban J connectivity index is 1.35. The van der Waals surface area contributed by atoms with E-state index in [1.54, 1.807) is 22.1 Å². The summed E-state index contributed by atoms with van der Waals surface area (Å²) in [6.07, 6.45) is 2.53. The molecule has 3 aromatic carbocycles. The molecule has 1 aliphatic rings. The Labute approximate surface area is 229 Å². The van der Waals surface area contributed by atoms with E-state index < -0.39 is 0 Å². The zero-order chi connectivity index (χ0) is 25.9. The van der Waals surface area contributed by atoms with Gasteiger partial charge in [0.2, 0.25) is 5.95 Å². The van der Waals surface area contributed by atoms with Crippen molar-refractivity contribution in [3.05, 3.63) is 127 Å². The van der Waals surface area contributed by atoms with E-state index >= 15 is 0 Å². The quantitative estimate of drug-likeness (QED) is 0.199. The van der Waals surface area contributed by atoms with Crippen LogP contribution in [0.5, 0.6) is 0 Å². The van der Waals surface area contributed by atoms with Gasteiger partial charge in [-0.2, -0.15) is 5.10 Å². The maximum atomic E-state index is 13.9. The summed E-state index contributed by atoms with van der Waals surface area (Å²) in [5.74, 6) is 0.427. The molecule has 8 heteroatoms. The van der Waals surface area contributed by atoms with Crippen molar-refractivity contribution in [3.8, 4) is 0 Å². The van der Waals surface area contributed by atoms with Gasteiger partial charge in [-0.15, -0.1) is 11.3 Å². The minimum Gasteiger partial charge on any atom is -0.294 e. The monoisotopic (exact) mass is 539 g/mol. The second-order valence-electron chi connectivity index (χ2n) is 9.36. The summed E-state index contributed by atoms with van der Waals surface area (Å²) in [6, 6.07) is 27.9. The summed E-state index contributed by atoms with van der Waals surface area (Å²) in [7, 11) is 0. The van der Waals surface area contributed by atoms with Crippen LogP contribution < -0.4 is 11.0 Å². The smallest absolute Gasteiger partial charge is 0.264 e. The van der Waals surface area contributed by atoms with Gasteiger partial charge in [0, 0.05) is 29.5 Å². The lowest BCUT2D eigenvalue weighted by molar-refractivity contribution is 0.249. The topological polar surface area (TPSA) is 62.5 Å². The van der Waals surface area contributed by atoms with Crippen molar-refractivity contribution in [2.75, 3.05) is 12.0 Å². The number of thiophene rings is 1. The lowest BCUT2D eigenvalue weighted by Gasteiger charge is -2.26. The van der Waals surface area contributed by atoms with E-state index in [2.05, 4.69) is 39.7 Å². The Morgan fingerprint density at radius 1 is 0.947 bits per heavy atom. The van der Waals surface area contributed by atoms with Crippen LogP contribution in [-0.4, -0.2) is 27.2 Å². The fourth-order valence-electron chi connectivity index (χ4n) is 4.82. The number of benzene rings is 3. The first kappa shape index (κ1) is 24.6. The molecule has 0 amide bonds. The summed E-state index contributed by atoms with van der Waals surface area (Å²) < 4.78 is 1.69. The molecule has 5 aromatic rings. The number of hydrogen-bond donors (Lipinski definition) is 1. The molecule has 0 bridgehead atoms. The summed E-state index contributed by atoms with van der Waals surface area (Å²) in [5, 5.41) is 5.80. The summed E-state index contributed by atoms with van der Waals surface area (Å²) in [4.78, 5) is 23.3. The largest absolute Gasteiger partial charge is 0.294 e. The fourth-order valence-corrected chi connectivity index (χ4v) is 6.20. The van der Waals surface area contributed by atoms with Gasteiger partial charge < -0.3 is 0 Å². The third-order valence-corrected chi connectivity index (χ3v) is 8.08. The molecule has 38 heavy (non-hydrogen) atoms. The number of hydrogen-bond acceptors (Lipinski definition) is 6. The minimum atomic E-state index is -0.0305. The molecule has 1 aliphatic heterocycles. The first-order valence-corrected chi connectivity index (χ1v) is 13.7. The molecule has 6 rings (SSSR count).